The van der Waals surface area contributed by atoms with Crippen molar-refractivity contribution in [1.29, 1.82) is 0 Å². The molecule has 0 fully saturated rings. The molecule has 1 aliphatic heterocycles. The van der Waals surface area contributed by atoms with Crippen LogP contribution in [-0.4, -0.2) is 29.0 Å². The minimum absolute atomic E-state index is 0.0754. The molecule has 1 aromatic heterocycles. The average molecular weight is 219 g/mol. The molecule has 0 bridgehead atoms. The highest BCUT2D eigenvalue weighted by atomic mass is 19.4. The maximum atomic E-state index is 12.6. The van der Waals surface area contributed by atoms with Gasteiger partial charge in [-0.1, -0.05) is 0 Å². The summed E-state index contributed by atoms with van der Waals surface area (Å²) in [5.41, 5.74) is 0. The summed E-state index contributed by atoms with van der Waals surface area (Å²) >= 11 is 0. The second-order valence-electron chi connectivity index (χ2n) is 3.56. The monoisotopic (exact) mass is 219 g/mol. The van der Waals surface area contributed by atoms with Gasteiger partial charge in [0.05, 0.1) is 6.20 Å². The fourth-order valence-electron chi connectivity index (χ4n) is 1.94. The van der Waals surface area contributed by atoms with Gasteiger partial charge in [0.1, 0.15) is 5.82 Å². The van der Waals surface area contributed by atoms with Crippen molar-refractivity contribution >= 4 is 5.82 Å². The fraction of sp³-hybridized carbons (Fsp3) is 0.667. The van der Waals surface area contributed by atoms with E-state index in [2.05, 4.69) is 5.10 Å². The number of hydrogen-bond acceptors (Lipinski definition) is 2. The third kappa shape index (κ3) is 1.68. The second-order valence-corrected chi connectivity index (χ2v) is 3.56. The van der Waals surface area contributed by atoms with Gasteiger partial charge in [-0.05, 0) is 13.3 Å². The molecular weight excluding hydrogens is 207 g/mol. The van der Waals surface area contributed by atoms with Crippen LogP contribution in [0.1, 0.15) is 19.4 Å². The number of fused-ring (bicyclic) bond motifs is 1. The van der Waals surface area contributed by atoms with Crippen molar-refractivity contribution < 1.29 is 13.2 Å². The van der Waals surface area contributed by atoms with Crippen molar-refractivity contribution in [2.75, 3.05) is 18.0 Å². The Morgan fingerprint density at radius 3 is 2.87 bits per heavy atom. The standard InChI is InChI=1S/C9H12F3N3/c1-2-14-6-4-7(9(10,11)12)15-8(14)3-5-13-15/h3,5,7H,2,4,6H2,1H3. The summed E-state index contributed by atoms with van der Waals surface area (Å²) in [5.74, 6) is 0.561. The van der Waals surface area contributed by atoms with Gasteiger partial charge in [0.2, 0.25) is 0 Å². The Labute approximate surface area is 85.5 Å². The summed E-state index contributed by atoms with van der Waals surface area (Å²) < 4.78 is 39.0. The molecule has 0 aliphatic carbocycles. The highest BCUT2D eigenvalue weighted by Crippen LogP contribution is 2.38. The van der Waals surface area contributed by atoms with Gasteiger partial charge in [0.25, 0.3) is 0 Å². The summed E-state index contributed by atoms with van der Waals surface area (Å²) in [7, 11) is 0. The molecule has 84 valence electrons. The summed E-state index contributed by atoms with van der Waals surface area (Å²) in [4.78, 5) is 1.90. The lowest BCUT2D eigenvalue weighted by molar-refractivity contribution is -0.172. The van der Waals surface area contributed by atoms with E-state index in [-0.39, 0.29) is 6.42 Å². The lowest BCUT2D eigenvalue weighted by atomic mass is 10.1. The molecule has 3 nitrogen and oxygen atoms in total. The molecule has 1 unspecified atom stereocenters. The van der Waals surface area contributed by atoms with Crippen LogP contribution >= 0.6 is 0 Å². The average Bonchev–Trinajstić information content (AvgIpc) is 2.62. The van der Waals surface area contributed by atoms with Gasteiger partial charge in [-0.25, -0.2) is 4.68 Å². The zero-order valence-electron chi connectivity index (χ0n) is 8.33. The fourth-order valence-corrected chi connectivity index (χ4v) is 1.94. The summed E-state index contributed by atoms with van der Waals surface area (Å²) in [6, 6.07) is 0.159. The van der Waals surface area contributed by atoms with Gasteiger partial charge in [0, 0.05) is 19.2 Å². The Balaban J connectivity index is 2.36. The van der Waals surface area contributed by atoms with Crippen molar-refractivity contribution in [3.05, 3.63) is 12.3 Å². The molecule has 6 heteroatoms. The van der Waals surface area contributed by atoms with E-state index in [1.165, 1.54) is 6.20 Å². The first-order valence-corrected chi connectivity index (χ1v) is 4.89. The Morgan fingerprint density at radius 1 is 1.53 bits per heavy atom. The molecule has 0 radical (unpaired) electrons. The number of rotatable bonds is 1. The molecule has 15 heavy (non-hydrogen) atoms. The number of halogens is 3. The molecule has 2 heterocycles. The van der Waals surface area contributed by atoms with Crippen molar-refractivity contribution in [1.82, 2.24) is 9.78 Å². The van der Waals surface area contributed by atoms with Crippen LogP contribution < -0.4 is 4.90 Å². The normalized spacial score (nSPS) is 21.6. The highest BCUT2D eigenvalue weighted by Gasteiger charge is 2.44. The van der Waals surface area contributed by atoms with Crippen molar-refractivity contribution in [2.24, 2.45) is 0 Å². The molecule has 1 aromatic rings. The van der Waals surface area contributed by atoms with E-state index in [1.807, 2.05) is 11.8 Å². The topological polar surface area (TPSA) is 21.1 Å². The zero-order chi connectivity index (χ0) is 11.1. The van der Waals surface area contributed by atoms with Gasteiger partial charge in [-0.3, -0.25) is 0 Å². The van der Waals surface area contributed by atoms with Crippen molar-refractivity contribution in [3.8, 4) is 0 Å². The van der Waals surface area contributed by atoms with Gasteiger partial charge in [-0.15, -0.1) is 0 Å². The number of aromatic nitrogens is 2. The molecule has 2 rings (SSSR count). The Kier molecular flexibility index (Phi) is 2.36. The molecular formula is C9H12F3N3. The number of nitrogens with zero attached hydrogens (tertiary/aromatic N) is 3. The van der Waals surface area contributed by atoms with Gasteiger partial charge < -0.3 is 4.90 Å². The summed E-state index contributed by atoms with van der Waals surface area (Å²) in [5, 5.41) is 3.76. The smallest absolute Gasteiger partial charge is 0.357 e. The lowest BCUT2D eigenvalue weighted by Crippen LogP contribution is -2.40. The van der Waals surface area contributed by atoms with E-state index in [4.69, 9.17) is 0 Å². The largest absolute Gasteiger partial charge is 0.410 e. The molecule has 0 amide bonds. The van der Waals surface area contributed by atoms with Crippen LogP contribution in [0.15, 0.2) is 12.3 Å². The van der Waals surface area contributed by atoms with Gasteiger partial charge >= 0.3 is 6.18 Å². The molecule has 0 N–H and O–H groups in total. The second kappa shape index (κ2) is 3.43. The highest BCUT2D eigenvalue weighted by molar-refractivity contribution is 5.40. The van der Waals surface area contributed by atoms with E-state index in [1.54, 1.807) is 6.07 Å². The first kappa shape index (κ1) is 10.3. The van der Waals surface area contributed by atoms with Gasteiger partial charge in [0.15, 0.2) is 6.04 Å². The lowest BCUT2D eigenvalue weighted by Gasteiger charge is -2.34. The number of alkyl halides is 3. The minimum atomic E-state index is -4.21. The minimum Gasteiger partial charge on any atom is -0.357 e. The molecule has 0 saturated heterocycles. The van der Waals surface area contributed by atoms with Crippen LogP contribution in [0.4, 0.5) is 19.0 Å². The first-order chi connectivity index (χ1) is 7.04. The molecule has 0 spiro atoms. The van der Waals surface area contributed by atoms with Crippen molar-refractivity contribution in [2.45, 2.75) is 25.6 Å². The van der Waals surface area contributed by atoms with Crippen LogP contribution in [0.2, 0.25) is 0 Å². The van der Waals surface area contributed by atoms with Gasteiger partial charge in [-0.2, -0.15) is 18.3 Å². The predicted octanol–water partition coefficient (Wildman–Crippen LogP) is 2.22. The first-order valence-electron chi connectivity index (χ1n) is 4.89. The van der Waals surface area contributed by atoms with E-state index < -0.39 is 12.2 Å². The Bertz CT molecular complexity index is 345. The molecule has 1 atom stereocenters. The third-order valence-corrected chi connectivity index (χ3v) is 2.70. The summed E-state index contributed by atoms with van der Waals surface area (Å²) in [6.45, 7) is 3.06. The van der Waals surface area contributed by atoms with Crippen LogP contribution in [-0.2, 0) is 0 Å². The quantitative estimate of drug-likeness (QED) is 0.722. The van der Waals surface area contributed by atoms with Crippen LogP contribution in [0.25, 0.3) is 0 Å². The van der Waals surface area contributed by atoms with E-state index in [0.29, 0.717) is 18.9 Å². The molecule has 0 aromatic carbocycles. The molecule has 0 saturated carbocycles. The maximum Gasteiger partial charge on any atom is 0.410 e. The van der Waals surface area contributed by atoms with Crippen molar-refractivity contribution in [3.63, 3.8) is 0 Å². The van der Waals surface area contributed by atoms with Crippen LogP contribution in [0.3, 0.4) is 0 Å². The van der Waals surface area contributed by atoms with Crippen LogP contribution in [0.5, 0.6) is 0 Å². The van der Waals surface area contributed by atoms with E-state index in [9.17, 15) is 13.2 Å². The van der Waals surface area contributed by atoms with E-state index in [0.717, 1.165) is 4.68 Å². The Morgan fingerprint density at radius 2 is 2.27 bits per heavy atom. The zero-order valence-corrected chi connectivity index (χ0v) is 8.33. The summed E-state index contributed by atoms with van der Waals surface area (Å²) in [6.07, 6.45) is -2.71. The van der Waals surface area contributed by atoms with E-state index >= 15 is 0 Å². The van der Waals surface area contributed by atoms with Crippen LogP contribution in [0, 0.1) is 0 Å². The molecule has 1 aliphatic rings. The Hall–Kier alpha value is -1.20. The SMILES string of the molecule is CCN1CCC(C(F)(F)F)n2nccc21. The number of hydrogen-bond donors (Lipinski definition) is 0. The predicted molar refractivity (Wildman–Crippen MR) is 49.8 cm³/mol. The third-order valence-electron chi connectivity index (χ3n) is 2.70. The number of anilines is 1. The maximum absolute atomic E-state index is 12.6.